The van der Waals surface area contributed by atoms with Crippen molar-refractivity contribution >= 4 is 0 Å². The van der Waals surface area contributed by atoms with Gasteiger partial charge in [-0.1, -0.05) is 0 Å². The van der Waals surface area contributed by atoms with Crippen LogP contribution in [0.25, 0.3) is 0 Å². The maximum atomic E-state index is 11.7. The Kier molecular flexibility index (Phi) is 3.52. The average molecular weight is 198 g/mol. The third-order valence-corrected chi connectivity index (χ3v) is 1.97. The maximum Gasteiger partial charge on any atom is 0.411 e. The molecule has 0 amide bonds. The van der Waals surface area contributed by atoms with Crippen molar-refractivity contribution in [1.29, 1.82) is 0 Å². The summed E-state index contributed by atoms with van der Waals surface area (Å²) in [6.07, 6.45) is -2.21. The molecule has 1 unspecified atom stereocenters. The van der Waals surface area contributed by atoms with E-state index in [1.807, 2.05) is 0 Å². The van der Waals surface area contributed by atoms with E-state index in [-0.39, 0.29) is 12.6 Å². The third kappa shape index (κ3) is 4.44. The largest absolute Gasteiger partial charge is 0.411 e. The summed E-state index contributed by atoms with van der Waals surface area (Å²) in [5, 5.41) is 0. The van der Waals surface area contributed by atoms with Crippen molar-refractivity contribution in [3.8, 4) is 0 Å². The first-order valence-electron chi connectivity index (χ1n) is 4.13. The lowest BCUT2D eigenvalue weighted by atomic mass is 10.2. The van der Waals surface area contributed by atoms with Crippen molar-refractivity contribution in [3.63, 3.8) is 0 Å². The Morgan fingerprint density at radius 2 is 2.08 bits per heavy atom. The van der Waals surface area contributed by atoms with Gasteiger partial charge >= 0.3 is 6.18 Å². The number of alkyl halides is 3. The van der Waals surface area contributed by atoms with Gasteiger partial charge in [-0.2, -0.15) is 13.2 Å². The number of hydrogen-bond acceptors (Lipinski definition) is 3. The molecule has 0 aromatic rings. The molecule has 0 aliphatic heterocycles. The van der Waals surface area contributed by atoms with E-state index in [0.29, 0.717) is 5.92 Å². The van der Waals surface area contributed by atoms with Crippen LogP contribution < -0.4 is 11.3 Å². The second-order valence-corrected chi connectivity index (χ2v) is 3.24. The number of rotatable bonds is 5. The molecule has 0 bridgehead atoms. The molecule has 1 aliphatic carbocycles. The molecule has 1 saturated carbocycles. The van der Waals surface area contributed by atoms with Crippen molar-refractivity contribution in [2.24, 2.45) is 11.8 Å². The topological polar surface area (TPSA) is 47.3 Å². The minimum Gasteiger partial charge on any atom is -0.370 e. The Bertz CT molecular complexity index is 158. The second kappa shape index (κ2) is 4.26. The van der Waals surface area contributed by atoms with Gasteiger partial charge in [0.05, 0.1) is 6.61 Å². The highest BCUT2D eigenvalue weighted by Crippen LogP contribution is 2.32. The summed E-state index contributed by atoms with van der Waals surface area (Å²) < 4.78 is 39.4. The monoisotopic (exact) mass is 198 g/mol. The molecule has 0 heterocycles. The van der Waals surface area contributed by atoms with Crippen molar-refractivity contribution in [3.05, 3.63) is 0 Å². The first kappa shape index (κ1) is 10.7. The van der Waals surface area contributed by atoms with Crippen LogP contribution in [0.4, 0.5) is 13.2 Å². The first-order chi connectivity index (χ1) is 6.03. The maximum absolute atomic E-state index is 11.7. The van der Waals surface area contributed by atoms with Crippen LogP contribution in [0.1, 0.15) is 12.8 Å². The van der Waals surface area contributed by atoms with Gasteiger partial charge in [-0.25, -0.2) is 0 Å². The standard InChI is InChI=1S/C7H13F3N2O/c8-7(9,10)4-13-3-6(12-11)5-1-2-5/h5-6,12H,1-4,11H2. The highest BCUT2D eigenvalue weighted by atomic mass is 19.4. The average Bonchev–Trinajstić information content (AvgIpc) is 2.78. The Morgan fingerprint density at radius 3 is 2.46 bits per heavy atom. The van der Waals surface area contributed by atoms with Crippen LogP contribution in [0.5, 0.6) is 0 Å². The Balaban J connectivity index is 2.09. The zero-order valence-electron chi connectivity index (χ0n) is 7.10. The predicted octanol–water partition coefficient (Wildman–Crippen LogP) is 0.807. The smallest absolute Gasteiger partial charge is 0.370 e. The molecule has 1 aliphatic rings. The van der Waals surface area contributed by atoms with E-state index in [9.17, 15) is 13.2 Å². The number of nitrogens with two attached hydrogens (primary N) is 1. The molecule has 0 aromatic heterocycles. The number of hydrazine groups is 1. The van der Waals surface area contributed by atoms with Crippen molar-refractivity contribution in [1.82, 2.24) is 5.43 Å². The van der Waals surface area contributed by atoms with Gasteiger partial charge in [0.1, 0.15) is 6.61 Å². The summed E-state index contributed by atoms with van der Waals surface area (Å²) in [7, 11) is 0. The van der Waals surface area contributed by atoms with Crippen LogP contribution in [0, 0.1) is 5.92 Å². The minimum absolute atomic E-state index is 0.0284. The van der Waals surface area contributed by atoms with E-state index in [2.05, 4.69) is 10.2 Å². The van der Waals surface area contributed by atoms with E-state index in [1.54, 1.807) is 0 Å². The molecule has 0 saturated heterocycles. The molecule has 0 radical (unpaired) electrons. The van der Waals surface area contributed by atoms with Crippen molar-refractivity contribution in [2.45, 2.75) is 25.1 Å². The fourth-order valence-corrected chi connectivity index (χ4v) is 1.12. The second-order valence-electron chi connectivity index (χ2n) is 3.24. The lowest BCUT2D eigenvalue weighted by Gasteiger charge is -2.15. The lowest BCUT2D eigenvalue weighted by Crippen LogP contribution is -2.41. The van der Waals surface area contributed by atoms with Crippen LogP contribution in [0.15, 0.2) is 0 Å². The Labute approximate surface area is 74.4 Å². The van der Waals surface area contributed by atoms with Gasteiger partial charge in [0.15, 0.2) is 0 Å². The quantitative estimate of drug-likeness (QED) is 0.507. The highest BCUT2D eigenvalue weighted by molar-refractivity contribution is 4.84. The molecular formula is C7H13F3N2O. The molecule has 6 heteroatoms. The number of halogens is 3. The van der Waals surface area contributed by atoms with E-state index in [4.69, 9.17) is 5.84 Å². The summed E-state index contributed by atoms with van der Waals surface area (Å²) in [4.78, 5) is 0. The van der Waals surface area contributed by atoms with E-state index >= 15 is 0 Å². The molecular weight excluding hydrogens is 185 g/mol. The molecule has 3 N–H and O–H groups in total. The van der Waals surface area contributed by atoms with Gasteiger partial charge < -0.3 is 4.74 Å². The first-order valence-corrected chi connectivity index (χ1v) is 4.13. The Hall–Kier alpha value is -0.330. The van der Waals surface area contributed by atoms with Gasteiger partial charge in [-0.15, -0.1) is 0 Å². The zero-order chi connectivity index (χ0) is 9.90. The van der Waals surface area contributed by atoms with Crippen LogP contribution in [0.3, 0.4) is 0 Å². The third-order valence-electron chi connectivity index (χ3n) is 1.97. The van der Waals surface area contributed by atoms with Crippen LogP contribution in [0.2, 0.25) is 0 Å². The normalized spacial score (nSPS) is 20.3. The number of hydrogen-bond donors (Lipinski definition) is 2. The minimum atomic E-state index is -4.25. The summed E-state index contributed by atoms with van der Waals surface area (Å²) >= 11 is 0. The molecule has 78 valence electrons. The van der Waals surface area contributed by atoms with E-state index < -0.39 is 12.8 Å². The molecule has 0 aromatic carbocycles. The molecule has 3 nitrogen and oxygen atoms in total. The van der Waals surface area contributed by atoms with Gasteiger partial charge in [0.2, 0.25) is 0 Å². The fourth-order valence-electron chi connectivity index (χ4n) is 1.12. The molecule has 1 fully saturated rings. The summed E-state index contributed by atoms with van der Waals surface area (Å²) in [5.74, 6) is 5.54. The van der Waals surface area contributed by atoms with Crippen LogP contribution >= 0.6 is 0 Å². The molecule has 1 rings (SSSR count). The number of ether oxygens (including phenoxy) is 1. The summed E-state index contributed by atoms with van der Waals surface area (Å²) in [6.45, 7) is -1.17. The van der Waals surface area contributed by atoms with Gasteiger partial charge in [-0.3, -0.25) is 11.3 Å². The summed E-state index contributed by atoms with van der Waals surface area (Å²) in [5.41, 5.74) is 2.46. The van der Waals surface area contributed by atoms with Gasteiger partial charge in [0.25, 0.3) is 0 Å². The van der Waals surface area contributed by atoms with E-state index in [0.717, 1.165) is 12.8 Å². The SMILES string of the molecule is NNC(COCC(F)(F)F)C1CC1. The summed E-state index contributed by atoms with van der Waals surface area (Å²) in [6, 6.07) is -0.137. The van der Waals surface area contributed by atoms with Gasteiger partial charge in [-0.05, 0) is 18.8 Å². The van der Waals surface area contributed by atoms with E-state index in [1.165, 1.54) is 0 Å². The molecule has 0 spiro atoms. The van der Waals surface area contributed by atoms with Crippen molar-refractivity contribution < 1.29 is 17.9 Å². The molecule has 13 heavy (non-hydrogen) atoms. The highest BCUT2D eigenvalue weighted by Gasteiger charge is 2.32. The Morgan fingerprint density at radius 1 is 1.46 bits per heavy atom. The fraction of sp³-hybridized carbons (Fsp3) is 1.00. The van der Waals surface area contributed by atoms with Gasteiger partial charge in [0, 0.05) is 6.04 Å². The zero-order valence-corrected chi connectivity index (χ0v) is 7.10. The number of nitrogens with one attached hydrogen (secondary N) is 1. The van der Waals surface area contributed by atoms with Crippen LogP contribution in [-0.2, 0) is 4.74 Å². The van der Waals surface area contributed by atoms with Crippen molar-refractivity contribution in [2.75, 3.05) is 13.2 Å². The lowest BCUT2D eigenvalue weighted by molar-refractivity contribution is -0.175. The molecule has 1 atom stereocenters. The predicted molar refractivity (Wildman–Crippen MR) is 40.7 cm³/mol. The van der Waals surface area contributed by atoms with Crippen LogP contribution in [-0.4, -0.2) is 25.4 Å².